The van der Waals surface area contributed by atoms with Gasteiger partial charge in [0.2, 0.25) is 5.76 Å². The average molecular weight is 453 g/mol. The van der Waals surface area contributed by atoms with E-state index in [9.17, 15) is 9.90 Å². The maximum absolute atomic E-state index is 11.6. The summed E-state index contributed by atoms with van der Waals surface area (Å²) in [6, 6.07) is 24.3. The van der Waals surface area contributed by atoms with Gasteiger partial charge in [-0.1, -0.05) is 29.8 Å². The predicted molar refractivity (Wildman–Crippen MR) is 131 cm³/mol. The zero-order chi connectivity index (χ0) is 23.9. The molecule has 1 heterocycles. The second-order valence-corrected chi connectivity index (χ2v) is 7.89. The minimum atomic E-state index is -1.14. The third-order valence-corrected chi connectivity index (χ3v) is 5.35. The molecular weight excluding hydrogens is 428 g/mol. The highest BCUT2D eigenvalue weighted by molar-refractivity contribution is 5.90. The minimum Gasteiger partial charge on any atom is -0.494 e. The monoisotopic (exact) mass is 452 g/mol. The van der Waals surface area contributed by atoms with Crippen LogP contribution in [0.1, 0.15) is 23.1 Å². The van der Waals surface area contributed by atoms with E-state index in [-0.39, 0.29) is 5.76 Å². The molecule has 34 heavy (non-hydrogen) atoms. The van der Waals surface area contributed by atoms with Crippen LogP contribution < -0.4 is 9.47 Å². The number of rotatable bonds is 9. The molecule has 0 unspecified atom stereocenters. The van der Waals surface area contributed by atoms with Crippen molar-refractivity contribution in [2.45, 2.75) is 19.9 Å². The number of carbonyl (C=O) groups is 1. The highest BCUT2D eigenvalue weighted by Crippen LogP contribution is 2.20. The minimum absolute atomic E-state index is 0.154. The molecule has 0 atom stereocenters. The summed E-state index contributed by atoms with van der Waals surface area (Å²) >= 11 is 0. The van der Waals surface area contributed by atoms with E-state index < -0.39 is 5.97 Å². The van der Waals surface area contributed by atoms with Crippen molar-refractivity contribution in [3.63, 3.8) is 0 Å². The summed E-state index contributed by atoms with van der Waals surface area (Å²) in [5.74, 6) is -0.106. The first-order chi connectivity index (χ1) is 16.5. The van der Waals surface area contributed by atoms with Crippen molar-refractivity contribution < 1.29 is 19.4 Å². The second kappa shape index (κ2) is 10.4. The van der Waals surface area contributed by atoms with Crippen LogP contribution in [0.25, 0.3) is 17.0 Å². The summed E-state index contributed by atoms with van der Waals surface area (Å²) in [5.41, 5.74) is 3.52. The van der Waals surface area contributed by atoms with Crippen LogP contribution in [-0.4, -0.2) is 22.2 Å². The van der Waals surface area contributed by atoms with Crippen molar-refractivity contribution in [1.29, 1.82) is 5.26 Å². The lowest BCUT2D eigenvalue weighted by Gasteiger charge is -2.09. The zero-order valence-corrected chi connectivity index (χ0v) is 18.8. The fourth-order valence-corrected chi connectivity index (χ4v) is 3.57. The lowest BCUT2D eigenvalue weighted by Crippen LogP contribution is -2.07. The third kappa shape index (κ3) is 5.64. The second-order valence-electron chi connectivity index (χ2n) is 7.89. The largest absolute Gasteiger partial charge is 0.494 e. The molecule has 0 bridgehead atoms. The Morgan fingerprint density at radius 3 is 2.47 bits per heavy atom. The Morgan fingerprint density at radius 1 is 1.03 bits per heavy atom. The quantitative estimate of drug-likeness (QED) is 0.197. The van der Waals surface area contributed by atoms with Crippen molar-refractivity contribution in [1.82, 2.24) is 4.57 Å². The average Bonchev–Trinajstić information content (AvgIpc) is 3.25. The Bertz CT molecular complexity index is 1360. The van der Waals surface area contributed by atoms with Crippen LogP contribution in [0.2, 0.25) is 0 Å². The van der Waals surface area contributed by atoms with Gasteiger partial charge < -0.3 is 19.1 Å². The van der Waals surface area contributed by atoms with Crippen LogP contribution in [0.15, 0.2) is 84.8 Å². The number of nitriles is 1. The molecule has 6 nitrogen and oxygen atoms in total. The first-order valence-electron chi connectivity index (χ1n) is 10.9. The van der Waals surface area contributed by atoms with Gasteiger partial charge in [0.1, 0.15) is 11.5 Å². The van der Waals surface area contributed by atoms with E-state index >= 15 is 0 Å². The third-order valence-electron chi connectivity index (χ3n) is 5.35. The molecule has 0 fully saturated rings. The number of ether oxygens (including phenoxy) is 2. The topological polar surface area (TPSA) is 84.5 Å². The van der Waals surface area contributed by atoms with Crippen LogP contribution in [0.4, 0.5) is 0 Å². The molecule has 0 radical (unpaired) electrons. The number of carboxylic acid groups (broad SMARTS) is 1. The van der Waals surface area contributed by atoms with E-state index in [2.05, 4.69) is 10.6 Å². The van der Waals surface area contributed by atoms with Gasteiger partial charge in [0, 0.05) is 23.6 Å². The van der Waals surface area contributed by atoms with Gasteiger partial charge in [-0.3, -0.25) is 0 Å². The number of nitrogens with zero attached hydrogens (tertiary/aromatic N) is 2. The summed E-state index contributed by atoms with van der Waals surface area (Å²) < 4.78 is 13.5. The Balaban J connectivity index is 1.32. The zero-order valence-electron chi connectivity index (χ0n) is 18.8. The standard InChI is InChI=1S/C28H24N2O4/c1-20-3-8-25(9-4-20)34-27(28(31)32)18-21-5-10-24(11-6-21)33-16-2-14-30-15-13-23-17-22(19-29)7-12-26(23)30/h3-13,15,17-18H,2,14,16H2,1H3,(H,31,32)/b27-18-. The molecule has 3 aromatic carbocycles. The summed E-state index contributed by atoms with van der Waals surface area (Å²) in [7, 11) is 0. The maximum Gasteiger partial charge on any atom is 0.371 e. The van der Waals surface area contributed by atoms with Crippen molar-refractivity contribution in [2.75, 3.05) is 6.61 Å². The molecule has 6 heteroatoms. The van der Waals surface area contributed by atoms with Crippen LogP contribution in [0.5, 0.6) is 11.5 Å². The summed E-state index contributed by atoms with van der Waals surface area (Å²) in [5, 5.41) is 19.6. The molecule has 0 aliphatic rings. The summed E-state index contributed by atoms with van der Waals surface area (Å²) in [6.45, 7) is 3.30. The van der Waals surface area contributed by atoms with Crippen molar-refractivity contribution >= 4 is 22.9 Å². The van der Waals surface area contributed by atoms with Gasteiger partial charge in [-0.25, -0.2) is 4.79 Å². The Morgan fingerprint density at radius 2 is 1.76 bits per heavy atom. The molecule has 0 saturated carbocycles. The van der Waals surface area contributed by atoms with E-state index in [0.717, 1.165) is 29.4 Å². The number of benzene rings is 3. The number of hydrogen-bond acceptors (Lipinski definition) is 4. The van der Waals surface area contributed by atoms with Crippen molar-refractivity contribution in [3.8, 4) is 17.6 Å². The Kier molecular flexibility index (Phi) is 6.95. The first kappa shape index (κ1) is 22.7. The van der Waals surface area contributed by atoms with Gasteiger partial charge in [-0.05, 0) is 73.5 Å². The number of fused-ring (bicyclic) bond motifs is 1. The Hall–Kier alpha value is -4.50. The fraction of sp³-hybridized carbons (Fsp3) is 0.143. The highest BCUT2D eigenvalue weighted by atomic mass is 16.5. The molecule has 1 N–H and O–H groups in total. The van der Waals surface area contributed by atoms with E-state index in [0.29, 0.717) is 29.2 Å². The predicted octanol–water partition coefficient (Wildman–Crippen LogP) is 5.80. The molecule has 4 aromatic rings. The molecule has 0 aliphatic heterocycles. The maximum atomic E-state index is 11.6. The molecule has 0 aliphatic carbocycles. The van der Waals surface area contributed by atoms with Gasteiger partial charge in [0.25, 0.3) is 0 Å². The molecule has 0 spiro atoms. The van der Waals surface area contributed by atoms with Crippen LogP contribution in [0, 0.1) is 18.3 Å². The van der Waals surface area contributed by atoms with Gasteiger partial charge in [-0.15, -0.1) is 0 Å². The van der Waals surface area contributed by atoms with E-state index in [1.807, 2.05) is 61.7 Å². The molecular formula is C28H24N2O4. The van der Waals surface area contributed by atoms with Gasteiger partial charge in [0.15, 0.2) is 0 Å². The van der Waals surface area contributed by atoms with E-state index in [1.165, 1.54) is 6.08 Å². The molecule has 1 aromatic heterocycles. The van der Waals surface area contributed by atoms with Gasteiger partial charge in [-0.2, -0.15) is 5.26 Å². The summed E-state index contributed by atoms with van der Waals surface area (Å²) in [6.07, 6.45) is 4.32. The smallest absolute Gasteiger partial charge is 0.371 e. The molecule has 0 amide bonds. The molecule has 0 saturated heterocycles. The highest BCUT2D eigenvalue weighted by Gasteiger charge is 2.11. The van der Waals surface area contributed by atoms with Crippen LogP contribution >= 0.6 is 0 Å². The fourth-order valence-electron chi connectivity index (χ4n) is 3.57. The molecule has 4 rings (SSSR count). The van der Waals surface area contributed by atoms with Crippen LogP contribution in [0.3, 0.4) is 0 Å². The molecule has 170 valence electrons. The van der Waals surface area contributed by atoms with Crippen molar-refractivity contribution in [2.24, 2.45) is 0 Å². The summed E-state index contributed by atoms with van der Waals surface area (Å²) in [4.78, 5) is 11.6. The number of aromatic nitrogens is 1. The Labute approximate surface area is 197 Å². The van der Waals surface area contributed by atoms with Gasteiger partial charge in [0.05, 0.1) is 18.2 Å². The van der Waals surface area contributed by atoms with Crippen LogP contribution in [-0.2, 0) is 11.3 Å². The van der Waals surface area contributed by atoms with E-state index in [4.69, 9.17) is 14.7 Å². The lowest BCUT2D eigenvalue weighted by molar-refractivity contribution is -0.134. The first-order valence-corrected chi connectivity index (χ1v) is 10.9. The lowest BCUT2D eigenvalue weighted by atomic mass is 10.2. The number of aryl methyl sites for hydroxylation is 2. The number of aliphatic carboxylic acids is 1. The van der Waals surface area contributed by atoms with Crippen molar-refractivity contribution in [3.05, 3.63) is 101 Å². The SMILES string of the molecule is Cc1ccc(O/C(=C\c2ccc(OCCCn3ccc4cc(C#N)ccc43)cc2)C(=O)O)cc1. The normalized spacial score (nSPS) is 11.2. The number of hydrogen-bond donors (Lipinski definition) is 1. The van der Waals surface area contributed by atoms with E-state index in [1.54, 1.807) is 24.3 Å². The number of carboxylic acids is 1. The van der Waals surface area contributed by atoms with Gasteiger partial charge >= 0.3 is 5.97 Å².